The lowest BCUT2D eigenvalue weighted by atomic mass is 10.0. The second-order valence-corrected chi connectivity index (χ2v) is 6.74. The number of rotatable bonds is 5. The lowest BCUT2D eigenvalue weighted by molar-refractivity contribution is -0.120. The van der Waals surface area contributed by atoms with E-state index in [4.69, 9.17) is 16.3 Å². The number of ketones is 1. The third-order valence-corrected chi connectivity index (χ3v) is 3.51. The predicted molar refractivity (Wildman–Crippen MR) is 88.3 cm³/mol. The quantitative estimate of drug-likeness (QED) is 0.888. The molecule has 0 saturated heterocycles. The molecule has 0 aliphatic carbocycles. The first-order chi connectivity index (χ1) is 10.1. The van der Waals surface area contributed by atoms with Gasteiger partial charge in [-0.1, -0.05) is 30.7 Å². The van der Waals surface area contributed by atoms with E-state index in [0.29, 0.717) is 11.4 Å². The molecule has 5 heteroatoms. The highest BCUT2D eigenvalue weighted by Gasteiger charge is 2.23. The molecule has 22 heavy (non-hydrogen) atoms. The van der Waals surface area contributed by atoms with Gasteiger partial charge < -0.3 is 10.1 Å². The monoisotopic (exact) mass is 325 g/mol. The fourth-order valence-corrected chi connectivity index (χ4v) is 2.12. The van der Waals surface area contributed by atoms with Crippen molar-refractivity contribution in [3.8, 4) is 0 Å². The van der Waals surface area contributed by atoms with Gasteiger partial charge in [-0.15, -0.1) is 0 Å². The number of alkyl carbamates (subject to hydrolysis) is 1. The van der Waals surface area contributed by atoms with Crippen LogP contribution >= 0.6 is 11.6 Å². The maximum atomic E-state index is 12.3. The van der Waals surface area contributed by atoms with Crippen molar-refractivity contribution >= 4 is 23.5 Å². The standard InChI is InChI=1S/C17H24ClNO3/c1-6-14(19-16(21)22-17(3,4)5)15(20)10-12-7-8-13(18)11(2)9-12/h7-9,14H,6,10H2,1-5H3,(H,19,21)/t14-/m0/s1. The van der Waals surface area contributed by atoms with Gasteiger partial charge in [0, 0.05) is 11.4 Å². The Hall–Kier alpha value is -1.55. The molecule has 0 aromatic heterocycles. The molecule has 4 nitrogen and oxygen atoms in total. The Morgan fingerprint density at radius 3 is 2.45 bits per heavy atom. The van der Waals surface area contributed by atoms with Gasteiger partial charge >= 0.3 is 6.09 Å². The number of benzene rings is 1. The summed E-state index contributed by atoms with van der Waals surface area (Å²) < 4.78 is 5.19. The Bertz CT molecular complexity index is 549. The summed E-state index contributed by atoms with van der Waals surface area (Å²) in [5.41, 5.74) is 1.23. The molecule has 0 unspecified atom stereocenters. The van der Waals surface area contributed by atoms with Crippen LogP contribution in [0.15, 0.2) is 18.2 Å². The average molecular weight is 326 g/mol. The van der Waals surface area contributed by atoms with E-state index in [2.05, 4.69) is 5.32 Å². The van der Waals surface area contributed by atoms with Crippen LogP contribution in [0.25, 0.3) is 0 Å². The number of hydrogen-bond donors (Lipinski definition) is 1. The predicted octanol–water partition coefficient (Wildman–Crippen LogP) is 4.06. The Morgan fingerprint density at radius 2 is 1.95 bits per heavy atom. The van der Waals surface area contributed by atoms with E-state index in [1.807, 2.05) is 26.0 Å². The SMILES string of the molecule is CC[C@H](NC(=O)OC(C)(C)C)C(=O)Cc1ccc(Cl)c(C)c1. The minimum Gasteiger partial charge on any atom is -0.444 e. The van der Waals surface area contributed by atoms with Crippen molar-refractivity contribution in [3.63, 3.8) is 0 Å². The van der Waals surface area contributed by atoms with E-state index in [1.165, 1.54) is 0 Å². The fraction of sp³-hybridized carbons (Fsp3) is 0.529. The zero-order valence-corrected chi connectivity index (χ0v) is 14.6. The molecule has 0 aliphatic heterocycles. The van der Waals surface area contributed by atoms with Crippen molar-refractivity contribution in [1.82, 2.24) is 5.32 Å². The Morgan fingerprint density at radius 1 is 1.32 bits per heavy atom. The number of aryl methyl sites for hydroxylation is 1. The molecule has 0 heterocycles. The Balaban J connectivity index is 2.68. The van der Waals surface area contributed by atoms with Gasteiger partial charge in [0.05, 0.1) is 6.04 Å². The van der Waals surface area contributed by atoms with Crippen LogP contribution in [0.1, 0.15) is 45.2 Å². The van der Waals surface area contributed by atoms with Crippen molar-refractivity contribution < 1.29 is 14.3 Å². The second-order valence-electron chi connectivity index (χ2n) is 6.33. The number of hydrogen-bond acceptors (Lipinski definition) is 3. The minimum absolute atomic E-state index is 0.0462. The molecule has 1 aromatic carbocycles. The van der Waals surface area contributed by atoms with E-state index >= 15 is 0 Å². The van der Waals surface area contributed by atoms with Gasteiger partial charge in [-0.05, 0) is 51.3 Å². The van der Waals surface area contributed by atoms with Gasteiger partial charge in [-0.2, -0.15) is 0 Å². The third kappa shape index (κ3) is 6.06. The molecule has 1 atom stereocenters. The molecular weight excluding hydrogens is 302 g/mol. The van der Waals surface area contributed by atoms with E-state index < -0.39 is 17.7 Å². The van der Waals surface area contributed by atoms with E-state index in [0.717, 1.165) is 11.1 Å². The molecule has 0 saturated carbocycles. The topological polar surface area (TPSA) is 55.4 Å². The van der Waals surface area contributed by atoms with Crippen molar-refractivity contribution in [2.24, 2.45) is 0 Å². The van der Waals surface area contributed by atoms with Crippen LogP contribution in [0.3, 0.4) is 0 Å². The van der Waals surface area contributed by atoms with Gasteiger partial charge in [-0.3, -0.25) is 4.79 Å². The number of nitrogens with one attached hydrogen (secondary N) is 1. The molecule has 122 valence electrons. The summed E-state index contributed by atoms with van der Waals surface area (Å²) in [6, 6.07) is 4.95. The maximum absolute atomic E-state index is 12.3. The van der Waals surface area contributed by atoms with Crippen molar-refractivity contribution in [2.75, 3.05) is 0 Å². The second kappa shape index (κ2) is 7.63. The van der Waals surface area contributed by atoms with Gasteiger partial charge in [-0.25, -0.2) is 4.79 Å². The molecule has 1 amide bonds. The van der Waals surface area contributed by atoms with E-state index in [1.54, 1.807) is 26.8 Å². The zero-order chi connectivity index (χ0) is 16.9. The number of Topliss-reactive ketones (excluding diaryl/α,β-unsaturated/α-hetero) is 1. The lowest BCUT2D eigenvalue weighted by Gasteiger charge is -2.22. The van der Waals surface area contributed by atoms with E-state index in [-0.39, 0.29) is 12.2 Å². The molecule has 0 bridgehead atoms. The number of amides is 1. The summed E-state index contributed by atoms with van der Waals surface area (Å²) in [6.07, 6.45) is 0.205. The zero-order valence-electron chi connectivity index (χ0n) is 13.8. The highest BCUT2D eigenvalue weighted by Crippen LogP contribution is 2.17. The Kier molecular flexibility index (Phi) is 6.42. The van der Waals surface area contributed by atoms with Crippen molar-refractivity contribution in [2.45, 2.75) is 59.1 Å². The van der Waals surface area contributed by atoms with Crippen LogP contribution in [0.5, 0.6) is 0 Å². The number of ether oxygens (including phenoxy) is 1. The molecule has 0 fully saturated rings. The van der Waals surface area contributed by atoms with E-state index in [9.17, 15) is 9.59 Å². The van der Waals surface area contributed by atoms with Crippen molar-refractivity contribution in [3.05, 3.63) is 34.3 Å². The van der Waals surface area contributed by atoms with Crippen molar-refractivity contribution in [1.29, 1.82) is 0 Å². The van der Waals surface area contributed by atoms with Crippen LogP contribution in [0, 0.1) is 6.92 Å². The third-order valence-electron chi connectivity index (χ3n) is 3.09. The molecule has 1 rings (SSSR count). The molecule has 0 spiro atoms. The summed E-state index contributed by atoms with van der Waals surface area (Å²) in [7, 11) is 0. The van der Waals surface area contributed by atoms with Crippen LogP contribution in [0.4, 0.5) is 4.79 Å². The largest absolute Gasteiger partial charge is 0.444 e. The summed E-state index contributed by atoms with van der Waals surface area (Å²) >= 11 is 5.98. The summed E-state index contributed by atoms with van der Waals surface area (Å²) in [5, 5.41) is 3.31. The summed E-state index contributed by atoms with van der Waals surface area (Å²) in [5.74, 6) is -0.0462. The van der Waals surface area contributed by atoms with Gasteiger partial charge in [0.15, 0.2) is 5.78 Å². The van der Waals surface area contributed by atoms with Gasteiger partial charge in [0.25, 0.3) is 0 Å². The Labute approximate surface area is 137 Å². The van der Waals surface area contributed by atoms with Gasteiger partial charge in [0.2, 0.25) is 0 Å². The summed E-state index contributed by atoms with van der Waals surface area (Å²) in [6.45, 7) is 9.10. The first kappa shape index (κ1) is 18.5. The highest BCUT2D eigenvalue weighted by atomic mass is 35.5. The smallest absolute Gasteiger partial charge is 0.408 e. The normalized spacial score (nSPS) is 12.6. The van der Waals surface area contributed by atoms with Crippen LogP contribution in [-0.4, -0.2) is 23.5 Å². The number of carbonyl (C=O) groups excluding carboxylic acids is 2. The van der Waals surface area contributed by atoms with Gasteiger partial charge in [0.1, 0.15) is 5.60 Å². The summed E-state index contributed by atoms with van der Waals surface area (Å²) in [4.78, 5) is 24.1. The minimum atomic E-state index is -0.585. The van der Waals surface area contributed by atoms with Crippen LogP contribution in [-0.2, 0) is 16.0 Å². The first-order valence-electron chi connectivity index (χ1n) is 7.39. The maximum Gasteiger partial charge on any atom is 0.408 e. The molecule has 0 aliphatic rings. The van der Waals surface area contributed by atoms with Crippen LogP contribution < -0.4 is 5.32 Å². The fourth-order valence-electron chi connectivity index (χ4n) is 2.00. The number of halogens is 1. The molecule has 1 aromatic rings. The lowest BCUT2D eigenvalue weighted by Crippen LogP contribution is -2.43. The highest BCUT2D eigenvalue weighted by molar-refractivity contribution is 6.31. The molecule has 0 radical (unpaired) electrons. The molecular formula is C17H24ClNO3. The molecule has 1 N–H and O–H groups in total. The van der Waals surface area contributed by atoms with Crippen LogP contribution in [0.2, 0.25) is 5.02 Å². The first-order valence-corrected chi connectivity index (χ1v) is 7.77. The number of carbonyl (C=O) groups is 2. The average Bonchev–Trinajstić information content (AvgIpc) is 2.38.